The molecule has 0 bridgehead atoms. The van der Waals surface area contributed by atoms with Gasteiger partial charge in [0.1, 0.15) is 12.4 Å². The van der Waals surface area contributed by atoms with Crippen LogP contribution < -0.4 is 10.1 Å². The smallest absolute Gasteiger partial charge is 0.336 e. The number of methoxy groups -OCH3 is 1. The molecule has 0 saturated carbocycles. The lowest BCUT2D eigenvalue weighted by atomic mass is 9.68. The highest BCUT2D eigenvalue weighted by atomic mass is 35.5. The zero-order chi connectivity index (χ0) is 23.8. The third kappa shape index (κ3) is 4.83. The molecule has 2 aromatic rings. The van der Waals surface area contributed by atoms with E-state index in [1.54, 1.807) is 0 Å². The minimum Gasteiger partial charge on any atom is -0.489 e. The lowest BCUT2D eigenvalue weighted by Crippen LogP contribution is -2.38. The summed E-state index contributed by atoms with van der Waals surface area (Å²) in [4.78, 5) is 26.1. The Bertz CT molecular complexity index is 1160. The van der Waals surface area contributed by atoms with Gasteiger partial charge in [0.15, 0.2) is 5.78 Å². The summed E-state index contributed by atoms with van der Waals surface area (Å²) in [5.41, 5.74) is 4.38. The lowest BCUT2D eigenvalue weighted by molar-refractivity contribution is -0.136. The number of allylic oxidation sites excluding steroid dienone is 3. The topological polar surface area (TPSA) is 64.6 Å². The van der Waals surface area contributed by atoms with Crippen molar-refractivity contribution < 1.29 is 19.1 Å². The van der Waals surface area contributed by atoms with Crippen molar-refractivity contribution in [2.24, 2.45) is 5.41 Å². The molecule has 1 atom stereocenters. The van der Waals surface area contributed by atoms with E-state index < -0.39 is 11.9 Å². The minimum atomic E-state index is -0.503. The molecule has 172 valence electrons. The van der Waals surface area contributed by atoms with Gasteiger partial charge in [-0.1, -0.05) is 49.7 Å². The van der Waals surface area contributed by atoms with E-state index in [-0.39, 0.29) is 11.2 Å². The SMILES string of the molecule is COC(=O)C1=C(C)NC2=C(C(=O)CC(C)(C)C2)C1c1cccc(OCc2ccc(Cl)cc2)c1. The molecule has 1 heterocycles. The first kappa shape index (κ1) is 23.1. The van der Waals surface area contributed by atoms with Crippen molar-refractivity contribution in [3.05, 3.63) is 87.2 Å². The van der Waals surface area contributed by atoms with E-state index in [9.17, 15) is 9.59 Å². The van der Waals surface area contributed by atoms with Crippen LogP contribution in [0.15, 0.2) is 71.1 Å². The third-order valence-corrected chi connectivity index (χ3v) is 6.41. The second-order valence-corrected chi connectivity index (χ2v) is 9.85. The van der Waals surface area contributed by atoms with Crippen molar-refractivity contribution in [3.8, 4) is 5.75 Å². The molecule has 0 fully saturated rings. The Kier molecular flexibility index (Phi) is 6.35. The number of dihydropyridines is 1. The van der Waals surface area contributed by atoms with Gasteiger partial charge in [-0.2, -0.15) is 0 Å². The predicted molar refractivity (Wildman–Crippen MR) is 128 cm³/mol. The second kappa shape index (κ2) is 9.06. The number of carbonyl (C=O) groups excluding carboxylic acids is 2. The fourth-order valence-corrected chi connectivity index (χ4v) is 4.81. The standard InChI is InChI=1S/C27H28ClNO4/c1-16-23(26(31)32-4)24(25-21(29-16)13-27(2,3)14-22(25)30)18-6-5-7-20(12-18)33-15-17-8-10-19(28)11-9-17/h5-12,24,29H,13-15H2,1-4H3. The molecular weight excluding hydrogens is 438 g/mol. The van der Waals surface area contributed by atoms with Crippen LogP contribution >= 0.6 is 11.6 Å². The Morgan fingerprint density at radius 2 is 1.88 bits per heavy atom. The van der Waals surface area contributed by atoms with Gasteiger partial charge in [-0.3, -0.25) is 4.79 Å². The zero-order valence-electron chi connectivity index (χ0n) is 19.3. The summed E-state index contributed by atoms with van der Waals surface area (Å²) in [6.07, 6.45) is 1.17. The minimum absolute atomic E-state index is 0.0557. The second-order valence-electron chi connectivity index (χ2n) is 9.41. The van der Waals surface area contributed by atoms with Crippen LogP contribution in [0.5, 0.6) is 5.75 Å². The van der Waals surface area contributed by atoms with Crippen LogP contribution in [0, 0.1) is 5.41 Å². The van der Waals surface area contributed by atoms with Gasteiger partial charge in [0, 0.05) is 34.3 Å². The Morgan fingerprint density at radius 1 is 1.15 bits per heavy atom. The molecule has 0 amide bonds. The van der Waals surface area contributed by atoms with E-state index in [1.807, 2.05) is 55.5 Å². The number of halogens is 1. The number of esters is 1. The van der Waals surface area contributed by atoms with Gasteiger partial charge in [0.25, 0.3) is 0 Å². The van der Waals surface area contributed by atoms with E-state index in [0.717, 1.165) is 23.2 Å². The maximum absolute atomic E-state index is 13.3. The van der Waals surface area contributed by atoms with Crippen LogP contribution in [0.2, 0.25) is 5.02 Å². The Balaban J connectivity index is 1.72. The number of benzene rings is 2. The van der Waals surface area contributed by atoms with Gasteiger partial charge in [-0.05, 0) is 54.2 Å². The maximum atomic E-state index is 13.3. The number of Topliss-reactive ketones (excluding diaryl/α,β-unsaturated/α-hetero) is 1. The highest BCUT2D eigenvalue weighted by Crippen LogP contribution is 2.47. The summed E-state index contributed by atoms with van der Waals surface area (Å²) < 4.78 is 11.1. The van der Waals surface area contributed by atoms with Gasteiger partial charge >= 0.3 is 5.97 Å². The van der Waals surface area contributed by atoms with Crippen molar-refractivity contribution in [1.29, 1.82) is 0 Å². The van der Waals surface area contributed by atoms with E-state index in [2.05, 4.69) is 19.2 Å². The predicted octanol–water partition coefficient (Wildman–Crippen LogP) is 5.70. The first-order valence-electron chi connectivity index (χ1n) is 11.0. The highest BCUT2D eigenvalue weighted by Gasteiger charge is 2.43. The van der Waals surface area contributed by atoms with Crippen molar-refractivity contribution in [1.82, 2.24) is 5.32 Å². The fraction of sp³-hybridized carbons (Fsp3) is 0.333. The molecule has 0 spiro atoms. The first-order valence-corrected chi connectivity index (χ1v) is 11.4. The molecule has 1 aliphatic heterocycles. The zero-order valence-corrected chi connectivity index (χ0v) is 20.1. The van der Waals surface area contributed by atoms with Crippen LogP contribution in [0.3, 0.4) is 0 Å². The molecule has 33 heavy (non-hydrogen) atoms. The van der Waals surface area contributed by atoms with Crippen LogP contribution in [-0.4, -0.2) is 18.9 Å². The number of ketones is 1. The van der Waals surface area contributed by atoms with E-state index in [1.165, 1.54) is 7.11 Å². The Labute approximate surface area is 199 Å². The monoisotopic (exact) mass is 465 g/mol. The molecule has 1 aliphatic carbocycles. The number of rotatable bonds is 5. The summed E-state index contributed by atoms with van der Waals surface area (Å²) in [5.74, 6) is -0.230. The Morgan fingerprint density at radius 3 is 2.58 bits per heavy atom. The van der Waals surface area contributed by atoms with Crippen molar-refractivity contribution >= 4 is 23.4 Å². The van der Waals surface area contributed by atoms with E-state index in [0.29, 0.717) is 40.6 Å². The van der Waals surface area contributed by atoms with Crippen molar-refractivity contribution in [2.75, 3.05) is 7.11 Å². The molecule has 2 aromatic carbocycles. The average Bonchev–Trinajstić information content (AvgIpc) is 2.76. The molecule has 1 unspecified atom stereocenters. The largest absolute Gasteiger partial charge is 0.489 e. The molecular formula is C27H28ClNO4. The quantitative estimate of drug-likeness (QED) is 0.574. The van der Waals surface area contributed by atoms with Crippen LogP contribution in [-0.2, 0) is 20.9 Å². The molecule has 1 N–H and O–H groups in total. The van der Waals surface area contributed by atoms with Crippen molar-refractivity contribution in [3.63, 3.8) is 0 Å². The summed E-state index contributed by atoms with van der Waals surface area (Å²) in [5, 5.41) is 4.01. The van der Waals surface area contributed by atoms with Crippen molar-refractivity contribution in [2.45, 2.75) is 46.1 Å². The lowest BCUT2D eigenvalue weighted by Gasteiger charge is -2.39. The summed E-state index contributed by atoms with van der Waals surface area (Å²) >= 11 is 5.96. The molecule has 4 rings (SSSR count). The number of hydrogen-bond donors (Lipinski definition) is 1. The summed E-state index contributed by atoms with van der Waals surface area (Å²) in [6.45, 7) is 6.42. The van der Waals surface area contributed by atoms with Gasteiger partial charge in [-0.15, -0.1) is 0 Å². The van der Waals surface area contributed by atoms with E-state index in [4.69, 9.17) is 21.1 Å². The summed E-state index contributed by atoms with van der Waals surface area (Å²) in [6, 6.07) is 15.1. The molecule has 0 saturated heterocycles. The fourth-order valence-electron chi connectivity index (χ4n) is 4.68. The van der Waals surface area contributed by atoms with Gasteiger partial charge in [0.2, 0.25) is 0 Å². The molecule has 0 aromatic heterocycles. The Hall–Kier alpha value is -3.05. The van der Waals surface area contributed by atoms with Crippen LogP contribution in [0.1, 0.15) is 50.7 Å². The van der Waals surface area contributed by atoms with Gasteiger partial charge < -0.3 is 14.8 Å². The third-order valence-electron chi connectivity index (χ3n) is 6.16. The normalized spacial score (nSPS) is 19.7. The highest BCUT2D eigenvalue weighted by molar-refractivity contribution is 6.30. The average molecular weight is 466 g/mol. The van der Waals surface area contributed by atoms with Crippen LogP contribution in [0.25, 0.3) is 0 Å². The number of ether oxygens (including phenoxy) is 2. The van der Waals surface area contributed by atoms with E-state index >= 15 is 0 Å². The van der Waals surface area contributed by atoms with Crippen LogP contribution in [0.4, 0.5) is 0 Å². The number of hydrogen-bond acceptors (Lipinski definition) is 5. The first-order chi connectivity index (χ1) is 15.7. The maximum Gasteiger partial charge on any atom is 0.336 e. The van der Waals surface area contributed by atoms with Gasteiger partial charge in [0.05, 0.1) is 12.7 Å². The number of nitrogens with one attached hydrogen (secondary N) is 1. The number of carbonyl (C=O) groups is 2. The molecule has 0 radical (unpaired) electrons. The summed E-state index contributed by atoms with van der Waals surface area (Å²) in [7, 11) is 1.36. The molecule has 5 nitrogen and oxygen atoms in total. The van der Waals surface area contributed by atoms with Gasteiger partial charge in [-0.25, -0.2) is 4.79 Å². The molecule has 6 heteroatoms. The molecule has 2 aliphatic rings.